The Kier molecular flexibility index (Phi) is 4.77. The Balaban J connectivity index is 2.06. The van der Waals surface area contributed by atoms with Crippen LogP contribution in [0, 0.1) is 0 Å². The van der Waals surface area contributed by atoms with E-state index in [1.807, 2.05) is 26.2 Å². The van der Waals surface area contributed by atoms with Gasteiger partial charge in [0.05, 0.1) is 6.04 Å². The summed E-state index contributed by atoms with van der Waals surface area (Å²) in [6, 6.07) is 19.6. The molecule has 0 fully saturated rings. The number of aliphatic imine (C=N–C) groups is 1. The number of hydrogen-bond donors (Lipinski definition) is 1. The molecule has 1 unspecified atom stereocenters. The summed E-state index contributed by atoms with van der Waals surface area (Å²) >= 11 is 0. The van der Waals surface area contributed by atoms with Crippen LogP contribution in [0.2, 0.25) is 0 Å². The van der Waals surface area contributed by atoms with E-state index in [2.05, 4.69) is 69.8 Å². The molecule has 1 atom stereocenters. The predicted octanol–water partition coefficient (Wildman–Crippen LogP) is 3.74. The van der Waals surface area contributed by atoms with E-state index < -0.39 is 0 Å². The van der Waals surface area contributed by atoms with Crippen LogP contribution in [0.25, 0.3) is 0 Å². The molecule has 23 heavy (non-hydrogen) atoms. The van der Waals surface area contributed by atoms with Gasteiger partial charge in [-0.2, -0.15) is 0 Å². The molecule has 2 aromatic carbocycles. The summed E-state index contributed by atoms with van der Waals surface area (Å²) in [6.07, 6.45) is 4.96. The first-order chi connectivity index (χ1) is 11.3. The summed E-state index contributed by atoms with van der Waals surface area (Å²) < 4.78 is 0. The Bertz CT molecular complexity index is 704. The lowest BCUT2D eigenvalue weighted by atomic mass is 9.88. The van der Waals surface area contributed by atoms with Crippen molar-refractivity contribution in [3.63, 3.8) is 0 Å². The maximum absolute atomic E-state index is 4.48. The fourth-order valence-corrected chi connectivity index (χ4v) is 3.22. The standard InChI is InChI=1S/C20H23N3/c1-3-14-22-20(21-2)23-15-13-16-9-7-8-12-18(16)19(23)17-10-5-4-6-11-17/h3-12,14,19H,13,15H2,1-2H3,(H,21,22)/b14-3-. The Labute approximate surface area is 138 Å². The van der Waals surface area contributed by atoms with Crippen LogP contribution in [0.4, 0.5) is 0 Å². The second-order valence-electron chi connectivity index (χ2n) is 5.65. The Hall–Kier alpha value is -2.55. The molecular weight excluding hydrogens is 282 g/mol. The SMILES string of the molecule is C/C=C\NC(=NC)N1CCc2ccccc2C1c1ccccc1. The van der Waals surface area contributed by atoms with Crippen LogP contribution in [0.5, 0.6) is 0 Å². The van der Waals surface area contributed by atoms with Crippen LogP contribution >= 0.6 is 0 Å². The maximum atomic E-state index is 4.48. The minimum Gasteiger partial charge on any atom is -0.333 e. The zero-order valence-electron chi connectivity index (χ0n) is 13.7. The number of nitrogens with one attached hydrogen (secondary N) is 1. The molecular formula is C20H23N3. The average Bonchev–Trinajstić information content (AvgIpc) is 2.62. The topological polar surface area (TPSA) is 27.6 Å². The Morgan fingerprint density at radius 2 is 1.87 bits per heavy atom. The highest BCUT2D eigenvalue weighted by atomic mass is 15.3. The number of rotatable bonds is 2. The van der Waals surface area contributed by atoms with Crippen molar-refractivity contribution in [3.05, 3.63) is 83.6 Å². The number of fused-ring (bicyclic) bond motifs is 1. The van der Waals surface area contributed by atoms with Gasteiger partial charge in [-0.05, 0) is 36.2 Å². The van der Waals surface area contributed by atoms with Crippen molar-refractivity contribution < 1.29 is 0 Å². The van der Waals surface area contributed by atoms with Crippen molar-refractivity contribution in [2.24, 2.45) is 4.99 Å². The van der Waals surface area contributed by atoms with E-state index in [1.54, 1.807) is 0 Å². The molecule has 118 valence electrons. The van der Waals surface area contributed by atoms with Gasteiger partial charge < -0.3 is 10.2 Å². The van der Waals surface area contributed by atoms with E-state index in [0.29, 0.717) is 0 Å². The van der Waals surface area contributed by atoms with Crippen LogP contribution in [-0.2, 0) is 6.42 Å². The van der Waals surface area contributed by atoms with Gasteiger partial charge in [-0.25, -0.2) is 0 Å². The summed E-state index contributed by atoms with van der Waals surface area (Å²) in [7, 11) is 1.84. The lowest BCUT2D eigenvalue weighted by Gasteiger charge is -2.39. The van der Waals surface area contributed by atoms with E-state index in [0.717, 1.165) is 18.9 Å². The highest BCUT2D eigenvalue weighted by Gasteiger charge is 2.30. The quantitative estimate of drug-likeness (QED) is 0.676. The molecule has 1 N–H and O–H groups in total. The molecule has 1 heterocycles. The zero-order valence-corrected chi connectivity index (χ0v) is 13.7. The van der Waals surface area contributed by atoms with Crippen molar-refractivity contribution in [2.75, 3.05) is 13.6 Å². The van der Waals surface area contributed by atoms with Gasteiger partial charge in [0.1, 0.15) is 0 Å². The maximum Gasteiger partial charge on any atom is 0.198 e. The number of guanidine groups is 1. The van der Waals surface area contributed by atoms with E-state index in [1.165, 1.54) is 16.7 Å². The van der Waals surface area contributed by atoms with E-state index in [9.17, 15) is 0 Å². The molecule has 0 spiro atoms. The number of benzene rings is 2. The van der Waals surface area contributed by atoms with Crippen molar-refractivity contribution in [2.45, 2.75) is 19.4 Å². The van der Waals surface area contributed by atoms with E-state index >= 15 is 0 Å². The second kappa shape index (κ2) is 7.14. The summed E-state index contributed by atoms with van der Waals surface area (Å²) in [5.74, 6) is 0.909. The molecule has 2 aromatic rings. The molecule has 0 saturated carbocycles. The van der Waals surface area contributed by atoms with Gasteiger partial charge in [-0.3, -0.25) is 4.99 Å². The monoisotopic (exact) mass is 305 g/mol. The molecule has 3 heteroatoms. The average molecular weight is 305 g/mol. The second-order valence-corrected chi connectivity index (χ2v) is 5.65. The highest BCUT2D eigenvalue weighted by molar-refractivity contribution is 5.82. The Morgan fingerprint density at radius 3 is 2.61 bits per heavy atom. The predicted molar refractivity (Wildman–Crippen MR) is 96.4 cm³/mol. The third-order valence-electron chi connectivity index (χ3n) is 4.26. The van der Waals surface area contributed by atoms with Crippen molar-refractivity contribution in [1.82, 2.24) is 10.2 Å². The highest BCUT2D eigenvalue weighted by Crippen LogP contribution is 2.34. The zero-order chi connectivity index (χ0) is 16.1. The van der Waals surface area contributed by atoms with Gasteiger partial charge in [0.2, 0.25) is 0 Å². The third-order valence-corrected chi connectivity index (χ3v) is 4.26. The normalized spacial score (nSPS) is 18.1. The molecule has 1 aliphatic rings. The van der Waals surface area contributed by atoms with Gasteiger partial charge in [-0.1, -0.05) is 60.7 Å². The van der Waals surface area contributed by atoms with Crippen LogP contribution in [0.3, 0.4) is 0 Å². The minimum atomic E-state index is 0.192. The van der Waals surface area contributed by atoms with Crippen LogP contribution < -0.4 is 5.32 Å². The summed E-state index contributed by atoms with van der Waals surface area (Å²) in [4.78, 5) is 6.84. The first-order valence-corrected chi connectivity index (χ1v) is 8.09. The molecule has 1 aliphatic heterocycles. The van der Waals surface area contributed by atoms with Crippen LogP contribution in [-0.4, -0.2) is 24.5 Å². The van der Waals surface area contributed by atoms with Gasteiger partial charge in [0, 0.05) is 13.6 Å². The molecule has 0 aliphatic carbocycles. The van der Waals surface area contributed by atoms with Crippen LogP contribution in [0.15, 0.2) is 71.9 Å². The van der Waals surface area contributed by atoms with Gasteiger partial charge in [-0.15, -0.1) is 0 Å². The minimum absolute atomic E-state index is 0.192. The van der Waals surface area contributed by atoms with Gasteiger partial charge in [0.25, 0.3) is 0 Å². The van der Waals surface area contributed by atoms with Crippen molar-refractivity contribution >= 4 is 5.96 Å². The van der Waals surface area contributed by atoms with Gasteiger partial charge in [0.15, 0.2) is 5.96 Å². The van der Waals surface area contributed by atoms with Crippen molar-refractivity contribution in [1.29, 1.82) is 0 Å². The third kappa shape index (κ3) is 3.14. The molecule has 3 rings (SSSR count). The molecule has 0 saturated heterocycles. The number of nitrogens with zero attached hydrogens (tertiary/aromatic N) is 2. The fraction of sp³-hybridized carbons (Fsp3) is 0.250. The number of allylic oxidation sites excluding steroid dienone is 1. The lowest BCUT2D eigenvalue weighted by molar-refractivity contribution is 0.330. The van der Waals surface area contributed by atoms with Crippen molar-refractivity contribution in [3.8, 4) is 0 Å². The first kappa shape index (κ1) is 15.3. The van der Waals surface area contributed by atoms with Crippen LogP contribution in [0.1, 0.15) is 29.7 Å². The van der Waals surface area contributed by atoms with Gasteiger partial charge >= 0.3 is 0 Å². The largest absolute Gasteiger partial charge is 0.333 e. The Morgan fingerprint density at radius 1 is 1.13 bits per heavy atom. The smallest absolute Gasteiger partial charge is 0.198 e. The summed E-state index contributed by atoms with van der Waals surface area (Å²) in [5.41, 5.74) is 4.09. The summed E-state index contributed by atoms with van der Waals surface area (Å²) in [5, 5.41) is 3.31. The lowest BCUT2D eigenvalue weighted by Crippen LogP contribution is -2.45. The molecule has 0 aromatic heterocycles. The first-order valence-electron chi connectivity index (χ1n) is 8.09. The molecule has 0 bridgehead atoms. The molecule has 0 radical (unpaired) electrons. The molecule has 3 nitrogen and oxygen atoms in total. The fourth-order valence-electron chi connectivity index (χ4n) is 3.22. The van der Waals surface area contributed by atoms with E-state index in [-0.39, 0.29) is 6.04 Å². The number of hydrogen-bond acceptors (Lipinski definition) is 1. The van der Waals surface area contributed by atoms with E-state index in [4.69, 9.17) is 0 Å². The summed E-state index contributed by atoms with van der Waals surface area (Å²) in [6.45, 7) is 2.95. The molecule has 0 amide bonds.